The number of hydrogen-bond acceptors (Lipinski definition) is 4. The molecule has 2 aromatic rings. The fourth-order valence-corrected chi connectivity index (χ4v) is 2.47. The van der Waals surface area contributed by atoms with Gasteiger partial charge in [0, 0.05) is 32.2 Å². The lowest BCUT2D eigenvalue weighted by molar-refractivity contribution is 0.0628. The molecule has 1 amide bonds. The van der Waals surface area contributed by atoms with E-state index in [1.165, 1.54) is 0 Å². The van der Waals surface area contributed by atoms with Crippen LogP contribution in [0, 0.1) is 0 Å². The summed E-state index contributed by atoms with van der Waals surface area (Å²) >= 11 is 6.03. The van der Waals surface area contributed by atoms with Gasteiger partial charge in [-0.2, -0.15) is 0 Å². The molecule has 1 fully saturated rings. The molecule has 1 saturated heterocycles. The highest BCUT2D eigenvalue weighted by Crippen LogP contribution is 2.30. The Bertz CT molecular complexity index is 663. The van der Waals surface area contributed by atoms with Crippen LogP contribution in [0.4, 0.5) is 0 Å². The van der Waals surface area contributed by atoms with Gasteiger partial charge in [0.05, 0.1) is 5.02 Å². The third kappa shape index (κ3) is 3.26. The van der Waals surface area contributed by atoms with Crippen LogP contribution in [-0.2, 0) is 0 Å². The third-order valence-corrected chi connectivity index (χ3v) is 3.94. The van der Waals surface area contributed by atoms with Crippen LogP contribution in [0.5, 0.6) is 11.7 Å². The van der Waals surface area contributed by atoms with E-state index in [1.807, 2.05) is 19.2 Å². The number of likely N-dealkylation sites (N-methyl/N-ethyl adjacent to an activating group) is 1. The Morgan fingerprint density at radius 1 is 1.14 bits per heavy atom. The predicted octanol–water partition coefficient (Wildman–Crippen LogP) is 3.11. The van der Waals surface area contributed by atoms with E-state index in [9.17, 15) is 4.79 Å². The lowest BCUT2D eigenvalue weighted by Crippen LogP contribution is -2.47. The first-order valence-corrected chi connectivity index (χ1v) is 7.51. The van der Waals surface area contributed by atoms with Crippen LogP contribution in [0.1, 0.15) is 10.6 Å². The molecule has 1 aromatic carbocycles. The van der Waals surface area contributed by atoms with Crippen LogP contribution in [-0.4, -0.2) is 48.9 Å². The maximum Gasteiger partial charge on any atom is 0.290 e. The quantitative estimate of drug-likeness (QED) is 0.871. The molecule has 0 saturated carbocycles. The number of nitrogens with zero attached hydrogens (tertiary/aromatic N) is 2. The van der Waals surface area contributed by atoms with Gasteiger partial charge in [-0.15, -0.1) is 0 Å². The van der Waals surface area contributed by atoms with E-state index in [-0.39, 0.29) is 17.6 Å². The van der Waals surface area contributed by atoms with Crippen molar-refractivity contribution in [3.63, 3.8) is 0 Å². The molecule has 1 aliphatic heterocycles. The Labute approximate surface area is 134 Å². The maximum absolute atomic E-state index is 12.4. The van der Waals surface area contributed by atoms with Crippen molar-refractivity contribution in [1.82, 2.24) is 9.80 Å². The molecule has 0 N–H and O–H groups in total. The molecule has 0 atom stereocenters. The minimum atomic E-state index is -0.109. The monoisotopic (exact) mass is 320 g/mol. The molecule has 0 radical (unpaired) electrons. The van der Waals surface area contributed by atoms with Gasteiger partial charge in [-0.05, 0) is 25.2 Å². The van der Waals surface area contributed by atoms with Crippen molar-refractivity contribution < 1.29 is 13.9 Å². The van der Waals surface area contributed by atoms with Gasteiger partial charge in [0.15, 0.2) is 5.76 Å². The number of amides is 1. The number of furan rings is 1. The number of carbonyl (C=O) groups excluding carboxylic acids is 1. The molecule has 1 aromatic heterocycles. The number of rotatable bonds is 3. The first kappa shape index (κ1) is 14.9. The van der Waals surface area contributed by atoms with Gasteiger partial charge in [0.1, 0.15) is 5.75 Å². The van der Waals surface area contributed by atoms with E-state index in [0.29, 0.717) is 23.9 Å². The smallest absolute Gasteiger partial charge is 0.290 e. The molecule has 3 rings (SSSR count). The summed E-state index contributed by atoms with van der Waals surface area (Å²) in [6, 6.07) is 10.4. The van der Waals surface area contributed by atoms with E-state index in [0.717, 1.165) is 13.1 Å². The summed E-state index contributed by atoms with van der Waals surface area (Å²) in [5, 5.41) is 0.492. The van der Waals surface area contributed by atoms with Gasteiger partial charge >= 0.3 is 0 Å². The van der Waals surface area contributed by atoms with Crippen LogP contribution >= 0.6 is 11.6 Å². The molecule has 0 aliphatic carbocycles. The van der Waals surface area contributed by atoms with Crippen molar-refractivity contribution >= 4 is 17.5 Å². The molecule has 1 aliphatic rings. The van der Waals surface area contributed by atoms with Crippen LogP contribution in [0.15, 0.2) is 40.8 Å². The molecular weight excluding hydrogens is 304 g/mol. The minimum absolute atomic E-state index is 0.109. The van der Waals surface area contributed by atoms with Crippen molar-refractivity contribution in [2.24, 2.45) is 0 Å². The highest BCUT2D eigenvalue weighted by molar-refractivity contribution is 6.32. The summed E-state index contributed by atoms with van der Waals surface area (Å²) in [7, 11) is 2.05. The molecule has 22 heavy (non-hydrogen) atoms. The number of para-hydroxylation sites is 1. The van der Waals surface area contributed by atoms with Crippen molar-refractivity contribution in [3.8, 4) is 11.7 Å². The fourth-order valence-electron chi connectivity index (χ4n) is 2.29. The Kier molecular flexibility index (Phi) is 4.36. The van der Waals surface area contributed by atoms with E-state index >= 15 is 0 Å². The van der Waals surface area contributed by atoms with Crippen LogP contribution in [0.2, 0.25) is 5.02 Å². The van der Waals surface area contributed by atoms with Crippen molar-refractivity contribution in [3.05, 3.63) is 47.2 Å². The second-order valence-corrected chi connectivity index (χ2v) is 5.65. The largest absolute Gasteiger partial charge is 0.424 e. The standard InChI is InChI=1S/C16H17ClN2O3/c1-18-8-10-19(11-9-18)16(20)14-6-7-15(22-14)21-13-5-3-2-4-12(13)17/h2-7H,8-11H2,1H3. The van der Waals surface area contributed by atoms with Crippen LogP contribution < -0.4 is 4.74 Å². The number of hydrogen-bond donors (Lipinski definition) is 0. The average molecular weight is 321 g/mol. The summed E-state index contributed by atoms with van der Waals surface area (Å²) < 4.78 is 11.1. The van der Waals surface area contributed by atoms with Gasteiger partial charge in [0.2, 0.25) is 0 Å². The van der Waals surface area contributed by atoms with Crippen molar-refractivity contribution in [2.75, 3.05) is 33.2 Å². The summed E-state index contributed by atoms with van der Waals surface area (Å²) in [4.78, 5) is 16.4. The zero-order valence-electron chi connectivity index (χ0n) is 12.3. The summed E-state index contributed by atoms with van der Waals surface area (Å²) in [6.45, 7) is 3.15. The SMILES string of the molecule is CN1CCN(C(=O)c2ccc(Oc3ccccc3Cl)o2)CC1. The van der Waals surface area contributed by atoms with Gasteiger partial charge in [0.25, 0.3) is 11.9 Å². The van der Waals surface area contributed by atoms with E-state index in [1.54, 1.807) is 29.2 Å². The number of benzene rings is 1. The molecule has 2 heterocycles. The fraction of sp³-hybridized carbons (Fsp3) is 0.312. The molecule has 116 valence electrons. The van der Waals surface area contributed by atoms with E-state index in [2.05, 4.69) is 4.90 Å². The Hall–Kier alpha value is -1.98. The molecule has 0 bridgehead atoms. The third-order valence-electron chi connectivity index (χ3n) is 3.63. The van der Waals surface area contributed by atoms with E-state index < -0.39 is 0 Å². The molecule has 0 spiro atoms. The van der Waals surface area contributed by atoms with Crippen molar-refractivity contribution in [2.45, 2.75) is 0 Å². The highest BCUT2D eigenvalue weighted by Gasteiger charge is 2.23. The van der Waals surface area contributed by atoms with Gasteiger partial charge in [-0.25, -0.2) is 0 Å². The maximum atomic E-state index is 12.4. The van der Waals surface area contributed by atoms with Crippen LogP contribution in [0.25, 0.3) is 0 Å². The Balaban J connectivity index is 1.68. The van der Waals surface area contributed by atoms with Crippen molar-refractivity contribution in [1.29, 1.82) is 0 Å². The topological polar surface area (TPSA) is 45.9 Å². The Morgan fingerprint density at radius 2 is 1.86 bits per heavy atom. The van der Waals surface area contributed by atoms with E-state index in [4.69, 9.17) is 20.8 Å². The second-order valence-electron chi connectivity index (χ2n) is 5.25. The number of piperazine rings is 1. The van der Waals surface area contributed by atoms with Crippen LogP contribution in [0.3, 0.4) is 0 Å². The number of ether oxygens (including phenoxy) is 1. The first-order chi connectivity index (χ1) is 10.6. The molecule has 6 heteroatoms. The minimum Gasteiger partial charge on any atom is -0.424 e. The average Bonchev–Trinajstić information content (AvgIpc) is 2.98. The number of halogens is 1. The summed E-state index contributed by atoms with van der Waals surface area (Å²) in [6.07, 6.45) is 0. The predicted molar refractivity (Wildman–Crippen MR) is 83.6 cm³/mol. The lowest BCUT2D eigenvalue weighted by atomic mass is 10.3. The van der Waals surface area contributed by atoms with Gasteiger partial charge < -0.3 is 19.0 Å². The molecule has 5 nitrogen and oxygen atoms in total. The summed E-state index contributed by atoms with van der Waals surface area (Å²) in [5.74, 6) is 0.927. The zero-order valence-corrected chi connectivity index (χ0v) is 13.0. The lowest BCUT2D eigenvalue weighted by Gasteiger charge is -2.31. The zero-order chi connectivity index (χ0) is 15.5. The van der Waals surface area contributed by atoms with Gasteiger partial charge in [-0.1, -0.05) is 23.7 Å². The second kappa shape index (κ2) is 6.42. The normalized spacial score (nSPS) is 15.8. The molecular formula is C16H17ClN2O3. The summed E-state index contributed by atoms with van der Waals surface area (Å²) in [5.41, 5.74) is 0. The highest BCUT2D eigenvalue weighted by atomic mass is 35.5. The first-order valence-electron chi connectivity index (χ1n) is 7.13. The Morgan fingerprint density at radius 3 is 2.59 bits per heavy atom. The van der Waals surface area contributed by atoms with Gasteiger partial charge in [-0.3, -0.25) is 4.79 Å². The molecule has 0 unspecified atom stereocenters. The number of carbonyl (C=O) groups is 1.